The predicted octanol–water partition coefficient (Wildman–Crippen LogP) is 2.66. The third-order valence-corrected chi connectivity index (χ3v) is 2.57. The van der Waals surface area contributed by atoms with Gasteiger partial charge in [0, 0.05) is 6.04 Å². The normalized spacial score (nSPS) is 13.0. The molecule has 4 nitrogen and oxygen atoms in total. The first-order valence-electron chi connectivity index (χ1n) is 5.44. The van der Waals surface area contributed by atoms with Gasteiger partial charge in [-0.25, -0.2) is 0 Å². The quantitative estimate of drug-likeness (QED) is 0.900. The maximum absolute atomic E-state index is 12.3. The topological polar surface area (TPSA) is 53.7 Å². The summed E-state index contributed by atoms with van der Waals surface area (Å²) in [6, 6.07) is 1.64. The lowest BCUT2D eigenvalue weighted by Gasteiger charge is -2.18. The van der Waals surface area contributed by atoms with Crippen LogP contribution in [0.2, 0.25) is 0 Å². The van der Waals surface area contributed by atoms with E-state index >= 15 is 0 Å². The van der Waals surface area contributed by atoms with Crippen molar-refractivity contribution in [3.05, 3.63) is 17.7 Å². The number of hydrogen-bond acceptors (Lipinski definition) is 4. The number of methoxy groups -OCH3 is 3. The van der Waals surface area contributed by atoms with E-state index in [9.17, 15) is 13.2 Å². The highest BCUT2D eigenvalue weighted by atomic mass is 19.4. The molecule has 0 aliphatic rings. The summed E-state index contributed by atoms with van der Waals surface area (Å²) in [5.41, 5.74) is 5.82. The van der Waals surface area contributed by atoms with Crippen LogP contribution >= 0.6 is 0 Å². The van der Waals surface area contributed by atoms with Crippen LogP contribution in [0.3, 0.4) is 0 Å². The Morgan fingerprint density at radius 3 is 1.84 bits per heavy atom. The lowest BCUT2D eigenvalue weighted by Crippen LogP contribution is -2.20. The molecule has 0 spiro atoms. The largest absolute Gasteiger partial charge is 0.493 e. The van der Waals surface area contributed by atoms with E-state index in [1.807, 2.05) is 0 Å². The van der Waals surface area contributed by atoms with Gasteiger partial charge in [0.25, 0.3) is 0 Å². The first-order chi connectivity index (χ1) is 8.82. The maximum Gasteiger partial charge on any atom is 0.390 e. The van der Waals surface area contributed by atoms with E-state index in [2.05, 4.69) is 0 Å². The van der Waals surface area contributed by atoms with Crippen LogP contribution in [0.1, 0.15) is 18.0 Å². The first kappa shape index (κ1) is 15.4. The van der Waals surface area contributed by atoms with Gasteiger partial charge in [-0.15, -0.1) is 0 Å². The predicted molar refractivity (Wildman–Crippen MR) is 63.7 cm³/mol. The average Bonchev–Trinajstić information content (AvgIpc) is 2.34. The molecule has 1 aromatic carbocycles. The minimum atomic E-state index is -4.33. The molecule has 0 aliphatic carbocycles. The van der Waals surface area contributed by atoms with Gasteiger partial charge in [0.1, 0.15) is 0 Å². The Kier molecular flexibility index (Phi) is 4.88. The van der Waals surface area contributed by atoms with E-state index < -0.39 is 18.6 Å². The first-order valence-corrected chi connectivity index (χ1v) is 5.44. The number of nitrogens with two attached hydrogens (primary N) is 1. The second-order valence-corrected chi connectivity index (χ2v) is 3.88. The highest BCUT2D eigenvalue weighted by molar-refractivity contribution is 5.54. The third kappa shape index (κ3) is 3.92. The molecule has 1 unspecified atom stereocenters. The van der Waals surface area contributed by atoms with Crippen LogP contribution in [0.4, 0.5) is 13.2 Å². The molecule has 0 amide bonds. The van der Waals surface area contributed by atoms with Crippen molar-refractivity contribution in [2.24, 2.45) is 5.73 Å². The van der Waals surface area contributed by atoms with Crippen molar-refractivity contribution in [3.63, 3.8) is 0 Å². The smallest absolute Gasteiger partial charge is 0.390 e. The van der Waals surface area contributed by atoms with Crippen LogP contribution in [-0.4, -0.2) is 27.5 Å². The average molecular weight is 279 g/mol. The number of hydrogen-bond donors (Lipinski definition) is 1. The molecule has 1 rings (SSSR count). The van der Waals surface area contributed by atoms with Gasteiger partial charge in [0.15, 0.2) is 11.5 Å². The van der Waals surface area contributed by atoms with Crippen LogP contribution in [0.25, 0.3) is 0 Å². The van der Waals surface area contributed by atoms with E-state index in [0.717, 1.165) is 0 Å². The monoisotopic (exact) mass is 279 g/mol. The molecule has 108 valence electrons. The van der Waals surface area contributed by atoms with Crippen molar-refractivity contribution in [2.75, 3.05) is 21.3 Å². The van der Waals surface area contributed by atoms with Crippen LogP contribution in [0.15, 0.2) is 12.1 Å². The molecular weight excluding hydrogens is 263 g/mol. The molecule has 7 heteroatoms. The maximum atomic E-state index is 12.3. The van der Waals surface area contributed by atoms with Crippen LogP contribution in [-0.2, 0) is 0 Å². The van der Waals surface area contributed by atoms with Crippen molar-refractivity contribution < 1.29 is 27.4 Å². The van der Waals surface area contributed by atoms with Crippen molar-refractivity contribution >= 4 is 0 Å². The summed E-state index contributed by atoms with van der Waals surface area (Å²) in [4.78, 5) is 0. The second-order valence-electron chi connectivity index (χ2n) is 3.88. The summed E-state index contributed by atoms with van der Waals surface area (Å²) in [5, 5.41) is 0. The third-order valence-electron chi connectivity index (χ3n) is 2.57. The number of ether oxygens (including phenoxy) is 3. The van der Waals surface area contributed by atoms with Gasteiger partial charge in [-0.2, -0.15) is 13.2 Å². The Morgan fingerprint density at radius 1 is 1.05 bits per heavy atom. The van der Waals surface area contributed by atoms with E-state index in [1.165, 1.54) is 33.5 Å². The Morgan fingerprint density at radius 2 is 1.53 bits per heavy atom. The number of alkyl halides is 3. The van der Waals surface area contributed by atoms with Crippen molar-refractivity contribution in [1.29, 1.82) is 0 Å². The fraction of sp³-hybridized carbons (Fsp3) is 0.500. The van der Waals surface area contributed by atoms with E-state index in [4.69, 9.17) is 19.9 Å². The van der Waals surface area contributed by atoms with Gasteiger partial charge < -0.3 is 19.9 Å². The molecule has 0 fully saturated rings. The van der Waals surface area contributed by atoms with Gasteiger partial charge in [0.05, 0.1) is 27.8 Å². The molecule has 0 radical (unpaired) electrons. The fourth-order valence-corrected chi connectivity index (χ4v) is 1.68. The highest BCUT2D eigenvalue weighted by Crippen LogP contribution is 2.40. The van der Waals surface area contributed by atoms with E-state index in [-0.39, 0.29) is 17.1 Å². The SMILES string of the molecule is COc1cc(C(N)CC(F)(F)F)cc(OC)c1OC. The molecule has 1 atom stereocenters. The number of halogens is 3. The summed E-state index contributed by atoms with van der Waals surface area (Å²) in [7, 11) is 4.18. The minimum absolute atomic E-state index is 0.270. The van der Waals surface area contributed by atoms with E-state index in [0.29, 0.717) is 5.75 Å². The zero-order chi connectivity index (χ0) is 14.6. The standard InChI is InChI=1S/C12H16F3NO3/c1-17-9-4-7(8(16)6-12(13,14)15)5-10(18-2)11(9)19-3/h4-5,8H,6,16H2,1-3H3. The van der Waals surface area contributed by atoms with Gasteiger partial charge >= 0.3 is 6.18 Å². The molecule has 0 bridgehead atoms. The number of rotatable bonds is 5. The molecular formula is C12H16F3NO3. The van der Waals surface area contributed by atoms with Crippen LogP contribution < -0.4 is 19.9 Å². The zero-order valence-electron chi connectivity index (χ0n) is 10.9. The minimum Gasteiger partial charge on any atom is -0.493 e. The second kappa shape index (κ2) is 6.01. The molecule has 1 aromatic rings. The van der Waals surface area contributed by atoms with Gasteiger partial charge in [0.2, 0.25) is 5.75 Å². The molecule has 0 aliphatic heterocycles. The molecule has 0 aromatic heterocycles. The lowest BCUT2D eigenvalue weighted by atomic mass is 10.0. The Balaban J connectivity index is 3.15. The van der Waals surface area contributed by atoms with Crippen LogP contribution in [0.5, 0.6) is 17.2 Å². The Bertz CT molecular complexity index is 410. The van der Waals surface area contributed by atoms with Gasteiger partial charge in [-0.1, -0.05) is 0 Å². The summed E-state index contributed by atoms with van der Waals surface area (Å²) in [6.45, 7) is 0. The molecule has 2 N–H and O–H groups in total. The van der Waals surface area contributed by atoms with E-state index in [1.54, 1.807) is 0 Å². The molecule has 0 saturated carbocycles. The van der Waals surface area contributed by atoms with Gasteiger partial charge in [-0.3, -0.25) is 0 Å². The lowest BCUT2D eigenvalue weighted by molar-refractivity contribution is -0.138. The van der Waals surface area contributed by atoms with Gasteiger partial charge in [-0.05, 0) is 17.7 Å². The fourth-order valence-electron chi connectivity index (χ4n) is 1.68. The van der Waals surface area contributed by atoms with Crippen LogP contribution in [0, 0.1) is 0 Å². The molecule has 19 heavy (non-hydrogen) atoms. The number of benzene rings is 1. The molecule has 0 saturated heterocycles. The van der Waals surface area contributed by atoms with Crippen molar-refractivity contribution in [2.45, 2.75) is 18.6 Å². The summed E-state index contributed by atoms with van der Waals surface area (Å²) in [5.74, 6) is 0.858. The summed E-state index contributed by atoms with van der Waals surface area (Å²) < 4.78 is 52.2. The summed E-state index contributed by atoms with van der Waals surface area (Å²) in [6.07, 6.45) is -5.45. The zero-order valence-corrected chi connectivity index (χ0v) is 10.9. The molecule has 0 heterocycles. The Hall–Kier alpha value is -1.63. The van der Waals surface area contributed by atoms with Crippen molar-refractivity contribution in [3.8, 4) is 17.2 Å². The highest BCUT2D eigenvalue weighted by Gasteiger charge is 2.31. The Labute approximate surface area is 109 Å². The summed E-state index contributed by atoms with van der Waals surface area (Å²) >= 11 is 0. The van der Waals surface area contributed by atoms with Crippen molar-refractivity contribution in [1.82, 2.24) is 0 Å².